The van der Waals surface area contributed by atoms with Crippen LogP contribution in [0.2, 0.25) is 0 Å². The molecule has 13 nitrogen and oxygen atoms in total. The third-order valence-corrected chi connectivity index (χ3v) is 12.7. The fourth-order valence-corrected chi connectivity index (χ4v) is 9.07. The molecule has 4 fully saturated rings. The number of nitrogens with zero attached hydrogens (tertiary/aromatic N) is 2. The Morgan fingerprint density at radius 1 is 1.08 bits per heavy atom. The highest BCUT2D eigenvalue weighted by Gasteiger charge is 2.62. The number of ether oxygens (including phenoxy) is 2. The second-order valence-corrected chi connectivity index (χ2v) is 16.6. The van der Waals surface area contributed by atoms with Gasteiger partial charge in [-0.3, -0.25) is 24.0 Å². The lowest BCUT2D eigenvalue weighted by Gasteiger charge is -2.30. The fraction of sp³-hybridized carbons (Fsp3) is 0.657. The first kappa shape index (κ1) is 34.9. The van der Waals surface area contributed by atoms with Crippen LogP contribution in [0.1, 0.15) is 81.8 Å². The molecule has 272 valence electrons. The molecule has 0 radical (unpaired) electrons. The number of hydrogen-bond donors (Lipinski definition) is 3. The fourth-order valence-electron chi connectivity index (χ4n) is 7.71. The molecule has 6 atom stereocenters. The molecule has 2 saturated heterocycles. The summed E-state index contributed by atoms with van der Waals surface area (Å²) >= 11 is 0. The Balaban J connectivity index is 1.12. The Kier molecular flexibility index (Phi) is 9.92. The normalized spacial score (nSPS) is 32.2. The maximum absolute atomic E-state index is 14.4. The van der Waals surface area contributed by atoms with E-state index in [9.17, 15) is 32.0 Å². The van der Waals surface area contributed by atoms with Crippen LogP contribution >= 0.6 is 0 Å². The molecular weight excluding hydrogens is 669 g/mol. The van der Waals surface area contributed by atoms with E-state index < -0.39 is 68.6 Å². The third kappa shape index (κ3) is 7.40. The van der Waals surface area contributed by atoms with Gasteiger partial charge in [-0.05, 0) is 63.0 Å². The number of carbonyl (C=O) groups excluding carboxylic acids is 4. The van der Waals surface area contributed by atoms with Crippen molar-refractivity contribution in [1.82, 2.24) is 25.2 Å². The Morgan fingerprint density at radius 2 is 1.92 bits per heavy atom. The number of nitrogens with one attached hydrogen (secondary N) is 3. The highest BCUT2D eigenvalue weighted by atomic mass is 32.2. The van der Waals surface area contributed by atoms with E-state index in [1.165, 1.54) is 15.9 Å². The van der Waals surface area contributed by atoms with Crippen LogP contribution in [0.3, 0.4) is 0 Å². The monoisotopic (exact) mass is 715 g/mol. The number of benzene rings is 1. The van der Waals surface area contributed by atoms with Crippen LogP contribution < -0.4 is 15.4 Å². The molecular formula is C35H46FN5O8S. The molecule has 50 heavy (non-hydrogen) atoms. The first-order valence-corrected chi connectivity index (χ1v) is 19.5. The van der Waals surface area contributed by atoms with Crippen molar-refractivity contribution in [2.24, 2.45) is 5.92 Å². The van der Waals surface area contributed by atoms with Crippen LogP contribution in [0.5, 0.6) is 0 Å². The van der Waals surface area contributed by atoms with E-state index in [2.05, 4.69) is 15.4 Å². The predicted octanol–water partition coefficient (Wildman–Crippen LogP) is 2.39. The topological polar surface area (TPSA) is 163 Å². The van der Waals surface area contributed by atoms with Crippen molar-refractivity contribution in [3.63, 3.8) is 0 Å². The highest BCUT2D eigenvalue weighted by Crippen LogP contribution is 2.46. The summed E-state index contributed by atoms with van der Waals surface area (Å²) in [5.74, 6) is -2.53. The smallest absolute Gasteiger partial charge is 0.410 e. The zero-order valence-corrected chi connectivity index (χ0v) is 28.9. The SMILES string of the molecule is O=C1N[C@]2(C(=O)NS(=O)(=O)C3CC3)C[C@@H]2/C=C\CCCCC[C@H](NCC2CCCO2)C(=O)N2C[C@H](OC(=O)N3Cc4cccc(F)c4C3)C[C@@H]12. The molecule has 0 spiro atoms. The largest absolute Gasteiger partial charge is 0.444 e. The number of sulfonamides is 1. The Morgan fingerprint density at radius 3 is 2.68 bits per heavy atom. The van der Waals surface area contributed by atoms with Crippen molar-refractivity contribution in [3.8, 4) is 0 Å². The van der Waals surface area contributed by atoms with Gasteiger partial charge in [0.15, 0.2) is 0 Å². The first-order chi connectivity index (χ1) is 24.0. The number of rotatable bonds is 7. The van der Waals surface area contributed by atoms with Crippen LogP contribution in [0.25, 0.3) is 0 Å². The molecule has 0 aromatic heterocycles. The molecule has 4 aliphatic heterocycles. The summed E-state index contributed by atoms with van der Waals surface area (Å²) in [4.78, 5) is 58.3. The van der Waals surface area contributed by atoms with Gasteiger partial charge in [0.2, 0.25) is 21.8 Å². The van der Waals surface area contributed by atoms with Crippen molar-refractivity contribution >= 4 is 33.8 Å². The third-order valence-electron chi connectivity index (χ3n) is 10.9. The standard InChI is InChI=1S/C35H46FN5O8S/c36-28-11-6-8-22-19-40(21-27(22)28)34(45)49-25-16-30-31(42)38-35(33(44)39-50(46,47)26-13-14-26)17-23(35)9-4-2-1-3-5-12-29(32(43)41(30)20-25)37-18-24-10-7-15-48-24/h4,6,8-9,11,23-26,29-30,37H,1-3,5,7,10,12-21H2,(H,38,42)(H,39,44)/b9-4-/t23-,24?,25+,29-,30-,35+/m0/s1. The number of allylic oxidation sites excluding steroid dienone is 1. The number of amides is 4. The number of hydrogen-bond acceptors (Lipinski definition) is 9. The summed E-state index contributed by atoms with van der Waals surface area (Å²) in [6, 6.07) is 2.99. The van der Waals surface area contributed by atoms with E-state index in [0.717, 1.165) is 38.5 Å². The van der Waals surface area contributed by atoms with Gasteiger partial charge < -0.3 is 25.0 Å². The highest BCUT2D eigenvalue weighted by molar-refractivity contribution is 7.91. The van der Waals surface area contributed by atoms with Crippen LogP contribution in [-0.2, 0) is 47.0 Å². The number of fused-ring (bicyclic) bond motifs is 3. The second kappa shape index (κ2) is 14.2. The maximum Gasteiger partial charge on any atom is 0.410 e. The van der Waals surface area contributed by atoms with Crippen LogP contribution in [0.4, 0.5) is 9.18 Å². The van der Waals surface area contributed by atoms with Gasteiger partial charge in [-0.25, -0.2) is 17.6 Å². The van der Waals surface area contributed by atoms with E-state index in [1.54, 1.807) is 12.1 Å². The average molecular weight is 716 g/mol. The second-order valence-electron chi connectivity index (χ2n) is 14.6. The van der Waals surface area contributed by atoms with E-state index >= 15 is 0 Å². The lowest BCUT2D eigenvalue weighted by atomic mass is 10.0. The van der Waals surface area contributed by atoms with E-state index in [1.807, 2.05) is 12.2 Å². The minimum atomic E-state index is -3.87. The van der Waals surface area contributed by atoms with Gasteiger partial charge in [-0.15, -0.1) is 0 Å². The van der Waals surface area contributed by atoms with Gasteiger partial charge >= 0.3 is 6.09 Å². The lowest BCUT2D eigenvalue weighted by Crippen LogP contribution is -2.58. The molecule has 3 N–H and O–H groups in total. The zero-order chi connectivity index (χ0) is 35.0. The molecule has 2 saturated carbocycles. The molecule has 6 aliphatic rings. The van der Waals surface area contributed by atoms with Crippen LogP contribution in [-0.4, -0.2) is 96.8 Å². The summed E-state index contributed by atoms with van der Waals surface area (Å²) in [6.07, 6.45) is 9.10. The van der Waals surface area contributed by atoms with Gasteiger partial charge in [-0.1, -0.05) is 37.1 Å². The van der Waals surface area contributed by atoms with Crippen molar-refractivity contribution in [3.05, 3.63) is 47.3 Å². The van der Waals surface area contributed by atoms with Gasteiger partial charge in [0.05, 0.1) is 30.5 Å². The van der Waals surface area contributed by atoms with Gasteiger partial charge in [0, 0.05) is 37.6 Å². The molecule has 0 bridgehead atoms. The minimum Gasteiger partial charge on any atom is -0.444 e. The summed E-state index contributed by atoms with van der Waals surface area (Å²) in [5.41, 5.74) is -0.364. The molecule has 15 heteroatoms. The van der Waals surface area contributed by atoms with Gasteiger partial charge in [-0.2, -0.15) is 0 Å². The van der Waals surface area contributed by atoms with E-state index in [0.29, 0.717) is 43.5 Å². The Labute approximate surface area is 291 Å². The van der Waals surface area contributed by atoms with Crippen molar-refractivity contribution in [1.29, 1.82) is 0 Å². The zero-order valence-electron chi connectivity index (χ0n) is 28.1. The first-order valence-electron chi connectivity index (χ1n) is 18.0. The average Bonchev–Trinajstić information content (AvgIpc) is 3.85. The molecule has 1 unspecified atom stereocenters. The van der Waals surface area contributed by atoms with Crippen LogP contribution in [0, 0.1) is 11.7 Å². The van der Waals surface area contributed by atoms with Gasteiger partial charge in [0.1, 0.15) is 23.5 Å². The van der Waals surface area contributed by atoms with Gasteiger partial charge in [0.25, 0.3) is 5.91 Å². The Hall–Kier alpha value is -3.56. The summed E-state index contributed by atoms with van der Waals surface area (Å²) in [6.45, 7) is 1.33. The molecule has 4 amide bonds. The summed E-state index contributed by atoms with van der Waals surface area (Å²) in [5, 5.41) is 5.63. The van der Waals surface area contributed by atoms with Crippen LogP contribution in [0.15, 0.2) is 30.4 Å². The number of carbonyl (C=O) groups is 4. The van der Waals surface area contributed by atoms with E-state index in [-0.39, 0.29) is 44.5 Å². The Bertz CT molecular complexity index is 1650. The predicted molar refractivity (Wildman–Crippen MR) is 178 cm³/mol. The van der Waals surface area contributed by atoms with Crippen molar-refractivity contribution in [2.45, 2.75) is 119 Å². The van der Waals surface area contributed by atoms with E-state index in [4.69, 9.17) is 9.47 Å². The summed E-state index contributed by atoms with van der Waals surface area (Å²) in [7, 11) is -3.87. The molecule has 2 aliphatic carbocycles. The van der Waals surface area contributed by atoms with Crippen molar-refractivity contribution < 1.29 is 41.5 Å². The molecule has 7 rings (SSSR count). The molecule has 1 aromatic rings. The van der Waals surface area contributed by atoms with Crippen molar-refractivity contribution in [2.75, 3.05) is 19.7 Å². The quantitative estimate of drug-likeness (QED) is 0.360. The maximum atomic E-state index is 14.4. The number of halogens is 1. The molecule has 4 heterocycles. The lowest BCUT2D eigenvalue weighted by molar-refractivity contribution is -0.141. The minimum absolute atomic E-state index is 0.0116. The molecule has 1 aromatic carbocycles. The summed E-state index contributed by atoms with van der Waals surface area (Å²) < 4.78 is 53.8.